The fourth-order valence-electron chi connectivity index (χ4n) is 0.638. The Bertz CT molecular complexity index is 112. The molecule has 0 fully saturated rings. The van der Waals surface area contributed by atoms with E-state index < -0.39 is 5.38 Å². The lowest BCUT2D eigenvalue weighted by atomic mass is 10.1. The number of methoxy groups -OCH3 is 1. The maximum absolute atomic E-state index is 10.7. The Kier molecular flexibility index (Phi) is 4.45. The zero-order chi connectivity index (χ0) is 8.15. The first-order chi connectivity index (χ1) is 4.57. The molecule has 0 N–H and O–H groups in total. The summed E-state index contributed by atoms with van der Waals surface area (Å²) < 4.78 is 4.44. The molecule has 2 nitrogen and oxygen atoms in total. The zero-order valence-corrected chi connectivity index (χ0v) is 7.31. The Morgan fingerprint density at radius 1 is 1.60 bits per heavy atom. The van der Waals surface area contributed by atoms with Crippen LogP contribution < -0.4 is 0 Å². The molecule has 0 saturated heterocycles. The molecule has 0 aromatic rings. The minimum Gasteiger partial charge on any atom is -0.468 e. The first-order valence-corrected chi connectivity index (χ1v) is 3.73. The summed E-state index contributed by atoms with van der Waals surface area (Å²) in [4.78, 5) is 10.7. The summed E-state index contributed by atoms with van der Waals surface area (Å²) in [6.07, 6.45) is 0.675. The van der Waals surface area contributed by atoms with Crippen LogP contribution in [0.4, 0.5) is 0 Å². The average molecular weight is 165 g/mol. The molecule has 0 aliphatic rings. The molecular formula is C7H13ClO2. The average Bonchev–Trinajstić information content (AvgIpc) is 1.85. The number of hydrogen-bond acceptors (Lipinski definition) is 2. The summed E-state index contributed by atoms with van der Waals surface area (Å²) in [7, 11) is 1.35. The molecule has 0 aromatic heterocycles. The highest BCUT2D eigenvalue weighted by atomic mass is 35.5. The van der Waals surface area contributed by atoms with Crippen LogP contribution in [0.15, 0.2) is 0 Å². The van der Waals surface area contributed by atoms with E-state index in [1.165, 1.54) is 7.11 Å². The molecule has 0 bridgehead atoms. The third-order valence-electron chi connectivity index (χ3n) is 1.14. The van der Waals surface area contributed by atoms with Crippen LogP contribution in [-0.4, -0.2) is 18.5 Å². The van der Waals surface area contributed by atoms with E-state index in [0.717, 1.165) is 0 Å². The van der Waals surface area contributed by atoms with E-state index in [1.54, 1.807) is 0 Å². The molecule has 0 aliphatic carbocycles. The predicted octanol–water partition coefficient (Wildman–Crippen LogP) is 1.81. The van der Waals surface area contributed by atoms with Crippen molar-refractivity contribution in [3.63, 3.8) is 0 Å². The fourth-order valence-corrected chi connectivity index (χ4v) is 1.08. The lowest BCUT2D eigenvalue weighted by Crippen LogP contribution is -2.17. The van der Waals surface area contributed by atoms with E-state index in [-0.39, 0.29) is 5.97 Å². The van der Waals surface area contributed by atoms with Crippen LogP contribution in [0.3, 0.4) is 0 Å². The highest BCUT2D eigenvalue weighted by Crippen LogP contribution is 2.11. The van der Waals surface area contributed by atoms with Crippen molar-refractivity contribution in [2.75, 3.05) is 7.11 Å². The van der Waals surface area contributed by atoms with Crippen LogP contribution in [0.1, 0.15) is 20.3 Å². The number of esters is 1. The molecule has 10 heavy (non-hydrogen) atoms. The van der Waals surface area contributed by atoms with Gasteiger partial charge in [0.1, 0.15) is 5.38 Å². The van der Waals surface area contributed by atoms with Gasteiger partial charge in [0.25, 0.3) is 0 Å². The van der Waals surface area contributed by atoms with Crippen molar-refractivity contribution in [1.29, 1.82) is 0 Å². The Balaban J connectivity index is 3.61. The maximum atomic E-state index is 10.7. The molecule has 0 radical (unpaired) electrons. The summed E-state index contributed by atoms with van der Waals surface area (Å²) >= 11 is 5.65. The molecule has 0 saturated carbocycles. The van der Waals surface area contributed by atoms with Gasteiger partial charge in [0.05, 0.1) is 7.11 Å². The Labute approximate surface area is 66.5 Å². The first kappa shape index (κ1) is 9.76. The van der Waals surface area contributed by atoms with Crippen LogP contribution in [0.2, 0.25) is 0 Å². The van der Waals surface area contributed by atoms with Crippen molar-refractivity contribution in [3.05, 3.63) is 0 Å². The predicted molar refractivity (Wildman–Crippen MR) is 41.1 cm³/mol. The molecule has 0 amide bonds. The largest absolute Gasteiger partial charge is 0.468 e. The van der Waals surface area contributed by atoms with Crippen LogP contribution in [0.25, 0.3) is 0 Å². The molecule has 60 valence electrons. The fraction of sp³-hybridized carbons (Fsp3) is 0.857. The van der Waals surface area contributed by atoms with Crippen molar-refractivity contribution in [2.45, 2.75) is 25.6 Å². The molecule has 0 heterocycles. The monoisotopic (exact) mass is 164 g/mol. The molecule has 0 rings (SSSR count). The number of halogens is 1. The van der Waals surface area contributed by atoms with Gasteiger partial charge in [0.15, 0.2) is 0 Å². The first-order valence-electron chi connectivity index (χ1n) is 3.29. The van der Waals surface area contributed by atoms with Gasteiger partial charge in [-0.2, -0.15) is 0 Å². The van der Waals surface area contributed by atoms with Gasteiger partial charge in [-0.05, 0) is 12.3 Å². The topological polar surface area (TPSA) is 26.3 Å². The van der Waals surface area contributed by atoms with Gasteiger partial charge in [0, 0.05) is 0 Å². The minimum absolute atomic E-state index is 0.338. The smallest absolute Gasteiger partial charge is 0.323 e. The van der Waals surface area contributed by atoms with E-state index in [0.29, 0.717) is 12.3 Å². The second-order valence-corrected chi connectivity index (χ2v) is 3.15. The summed E-state index contributed by atoms with van der Waals surface area (Å²) in [6, 6.07) is 0. The van der Waals surface area contributed by atoms with Gasteiger partial charge in [-0.25, -0.2) is 0 Å². The van der Waals surface area contributed by atoms with Crippen LogP contribution in [0, 0.1) is 5.92 Å². The van der Waals surface area contributed by atoms with E-state index in [1.807, 2.05) is 13.8 Å². The third-order valence-corrected chi connectivity index (χ3v) is 1.49. The zero-order valence-electron chi connectivity index (χ0n) is 6.56. The van der Waals surface area contributed by atoms with Gasteiger partial charge in [-0.3, -0.25) is 4.79 Å². The number of ether oxygens (including phenoxy) is 1. The molecule has 0 aromatic carbocycles. The maximum Gasteiger partial charge on any atom is 0.323 e. The van der Waals surface area contributed by atoms with Crippen LogP contribution in [0.5, 0.6) is 0 Å². The second-order valence-electron chi connectivity index (χ2n) is 2.62. The molecule has 0 spiro atoms. The highest BCUT2D eigenvalue weighted by molar-refractivity contribution is 6.29. The quantitative estimate of drug-likeness (QED) is 0.470. The highest BCUT2D eigenvalue weighted by Gasteiger charge is 2.16. The van der Waals surface area contributed by atoms with Crippen molar-refractivity contribution < 1.29 is 9.53 Å². The number of carbonyl (C=O) groups excluding carboxylic acids is 1. The summed E-state index contributed by atoms with van der Waals surface area (Å²) in [5.74, 6) is 0.0944. The van der Waals surface area contributed by atoms with Crippen molar-refractivity contribution in [3.8, 4) is 0 Å². The number of carbonyl (C=O) groups is 1. The Morgan fingerprint density at radius 2 is 2.10 bits per heavy atom. The Morgan fingerprint density at radius 3 is 2.40 bits per heavy atom. The normalized spacial score (nSPS) is 13.3. The van der Waals surface area contributed by atoms with E-state index in [4.69, 9.17) is 11.6 Å². The molecule has 0 aliphatic heterocycles. The van der Waals surface area contributed by atoms with E-state index in [2.05, 4.69) is 4.74 Å². The summed E-state index contributed by atoms with van der Waals surface area (Å²) in [5, 5.41) is -0.481. The van der Waals surface area contributed by atoms with Gasteiger partial charge < -0.3 is 4.74 Å². The summed E-state index contributed by atoms with van der Waals surface area (Å²) in [6.45, 7) is 4.02. The van der Waals surface area contributed by atoms with Gasteiger partial charge in [-0.1, -0.05) is 13.8 Å². The van der Waals surface area contributed by atoms with Crippen LogP contribution in [-0.2, 0) is 9.53 Å². The van der Waals surface area contributed by atoms with Gasteiger partial charge >= 0.3 is 5.97 Å². The SMILES string of the molecule is COC(=O)C(Cl)CC(C)C. The van der Waals surface area contributed by atoms with E-state index in [9.17, 15) is 4.79 Å². The molecule has 1 atom stereocenters. The lowest BCUT2D eigenvalue weighted by molar-refractivity contribution is -0.140. The molecular weight excluding hydrogens is 152 g/mol. The lowest BCUT2D eigenvalue weighted by Gasteiger charge is -2.08. The second kappa shape index (κ2) is 4.56. The number of hydrogen-bond donors (Lipinski definition) is 0. The molecule has 3 heteroatoms. The summed E-state index contributed by atoms with van der Waals surface area (Å²) in [5.41, 5.74) is 0. The standard InChI is InChI=1S/C7H13ClO2/c1-5(2)4-6(8)7(9)10-3/h5-6H,4H2,1-3H3. The molecule has 1 unspecified atom stereocenters. The van der Waals surface area contributed by atoms with E-state index >= 15 is 0 Å². The Hall–Kier alpha value is -0.240. The van der Waals surface area contributed by atoms with Gasteiger partial charge in [-0.15, -0.1) is 11.6 Å². The third kappa shape index (κ3) is 3.72. The van der Waals surface area contributed by atoms with Crippen LogP contribution >= 0.6 is 11.6 Å². The number of rotatable bonds is 3. The minimum atomic E-state index is -0.481. The van der Waals surface area contributed by atoms with Crippen molar-refractivity contribution in [1.82, 2.24) is 0 Å². The van der Waals surface area contributed by atoms with Gasteiger partial charge in [0.2, 0.25) is 0 Å². The van der Waals surface area contributed by atoms with Crippen molar-refractivity contribution in [2.24, 2.45) is 5.92 Å². The number of alkyl halides is 1. The van der Waals surface area contributed by atoms with Crippen molar-refractivity contribution >= 4 is 17.6 Å².